The third-order valence-electron chi connectivity index (χ3n) is 4.45. The van der Waals surface area contributed by atoms with Crippen molar-refractivity contribution in [1.82, 2.24) is 14.5 Å². The van der Waals surface area contributed by atoms with Crippen LogP contribution in [-0.2, 0) is 6.54 Å². The quantitative estimate of drug-likeness (QED) is 0.526. The fraction of sp³-hybridized carbons (Fsp3) is 0.0952. The molecule has 0 aliphatic carbocycles. The van der Waals surface area contributed by atoms with Gasteiger partial charge in [-0.15, -0.1) is 0 Å². The molecule has 0 saturated heterocycles. The summed E-state index contributed by atoms with van der Waals surface area (Å²) in [5.74, 6) is -2.62. The zero-order valence-corrected chi connectivity index (χ0v) is 15.7. The van der Waals surface area contributed by atoms with Crippen LogP contribution in [0.15, 0.2) is 64.3 Å². The summed E-state index contributed by atoms with van der Waals surface area (Å²) in [4.78, 5) is 19.6. The first-order chi connectivity index (χ1) is 14.4. The van der Waals surface area contributed by atoms with E-state index in [0.29, 0.717) is 22.7 Å². The second-order valence-corrected chi connectivity index (χ2v) is 6.59. The molecular formula is C21H15F3N4O2. The molecule has 0 saturated carbocycles. The standard InChI is InChI=1S/C21H15F3N4O2/c1-12-2-4-14(20-25-6-7-30-20)9-18(12)26-21-27-19(29)17(24)11-28(21)10-13-3-5-15(22)16(23)8-13/h2-9,11H,10H2,1H3,(H,26,27,29). The second kappa shape index (κ2) is 7.86. The Kier molecular flexibility index (Phi) is 5.09. The van der Waals surface area contributed by atoms with Crippen LogP contribution in [0.25, 0.3) is 11.5 Å². The number of hydrogen-bond acceptors (Lipinski definition) is 5. The van der Waals surface area contributed by atoms with Gasteiger partial charge in [-0.2, -0.15) is 9.37 Å². The van der Waals surface area contributed by atoms with Gasteiger partial charge < -0.3 is 14.3 Å². The Morgan fingerprint density at radius 3 is 2.63 bits per heavy atom. The lowest BCUT2D eigenvalue weighted by atomic mass is 10.1. The van der Waals surface area contributed by atoms with Gasteiger partial charge in [0.25, 0.3) is 0 Å². The van der Waals surface area contributed by atoms with Gasteiger partial charge in [-0.05, 0) is 42.3 Å². The predicted octanol–water partition coefficient (Wildman–Crippen LogP) is 4.42. The number of oxazole rings is 1. The lowest BCUT2D eigenvalue weighted by Crippen LogP contribution is -2.20. The molecule has 0 spiro atoms. The largest absolute Gasteiger partial charge is 0.445 e. The van der Waals surface area contributed by atoms with Gasteiger partial charge >= 0.3 is 5.56 Å². The maximum atomic E-state index is 13.9. The van der Waals surface area contributed by atoms with E-state index in [4.69, 9.17) is 4.42 Å². The minimum atomic E-state index is -1.06. The number of aryl methyl sites for hydroxylation is 1. The fourth-order valence-corrected chi connectivity index (χ4v) is 2.90. The smallest absolute Gasteiger partial charge is 0.310 e. The highest BCUT2D eigenvalue weighted by Crippen LogP contribution is 2.26. The summed E-state index contributed by atoms with van der Waals surface area (Å²) in [7, 11) is 0. The van der Waals surface area contributed by atoms with Crippen molar-refractivity contribution < 1.29 is 17.6 Å². The molecule has 0 amide bonds. The van der Waals surface area contributed by atoms with Crippen molar-refractivity contribution in [1.29, 1.82) is 0 Å². The Morgan fingerprint density at radius 1 is 1.07 bits per heavy atom. The number of anilines is 2. The summed E-state index contributed by atoms with van der Waals surface area (Å²) in [5.41, 5.74) is 1.42. The molecule has 4 rings (SSSR count). The first-order valence-electron chi connectivity index (χ1n) is 8.89. The molecule has 6 nitrogen and oxygen atoms in total. The number of nitrogens with one attached hydrogen (secondary N) is 1. The third-order valence-corrected chi connectivity index (χ3v) is 4.45. The van der Waals surface area contributed by atoms with E-state index in [1.54, 1.807) is 6.07 Å². The molecule has 0 radical (unpaired) electrons. The number of rotatable bonds is 5. The van der Waals surface area contributed by atoms with Gasteiger partial charge in [0.05, 0.1) is 12.7 Å². The molecule has 9 heteroatoms. The van der Waals surface area contributed by atoms with E-state index in [2.05, 4.69) is 15.3 Å². The minimum absolute atomic E-state index is 0.0395. The van der Waals surface area contributed by atoms with Crippen LogP contribution in [0.3, 0.4) is 0 Å². The highest BCUT2D eigenvalue weighted by Gasteiger charge is 2.13. The highest BCUT2D eigenvalue weighted by molar-refractivity contribution is 5.67. The Bertz CT molecular complexity index is 1270. The van der Waals surface area contributed by atoms with Crippen molar-refractivity contribution in [2.24, 2.45) is 0 Å². The van der Waals surface area contributed by atoms with Crippen molar-refractivity contribution in [2.45, 2.75) is 13.5 Å². The molecule has 30 heavy (non-hydrogen) atoms. The number of halogens is 3. The van der Waals surface area contributed by atoms with Gasteiger partial charge in [0.2, 0.25) is 17.7 Å². The zero-order valence-electron chi connectivity index (χ0n) is 15.7. The van der Waals surface area contributed by atoms with Crippen molar-refractivity contribution in [2.75, 3.05) is 5.32 Å². The van der Waals surface area contributed by atoms with Crippen LogP contribution in [-0.4, -0.2) is 14.5 Å². The number of nitrogens with zero attached hydrogens (tertiary/aromatic N) is 3. The van der Waals surface area contributed by atoms with Crippen LogP contribution >= 0.6 is 0 Å². The second-order valence-electron chi connectivity index (χ2n) is 6.59. The zero-order chi connectivity index (χ0) is 21.3. The van der Waals surface area contributed by atoms with Crippen LogP contribution < -0.4 is 10.9 Å². The Hall–Kier alpha value is -3.88. The molecule has 1 N–H and O–H groups in total. The minimum Gasteiger partial charge on any atom is -0.445 e. The molecule has 2 aromatic heterocycles. The lowest BCUT2D eigenvalue weighted by molar-refractivity contribution is 0.506. The summed E-state index contributed by atoms with van der Waals surface area (Å²) in [6, 6.07) is 8.74. The fourth-order valence-electron chi connectivity index (χ4n) is 2.90. The Balaban J connectivity index is 1.72. The van der Waals surface area contributed by atoms with E-state index in [0.717, 1.165) is 23.9 Å². The predicted molar refractivity (Wildman–Crippen MR) is 104 cm³/mol. The number of hydrogen-bond donors (Lipinski definition) is 1. The van der Waals surface area contributed by atoms with Gasteiger partial charge in [0, 0.05) is 17.4 Å². The average Bonchev–Trinajstić information content (AvgIpc) is 3.25. The first-order valence-corrected chi connectivity index (χ1v) is 8.89. The van der Waals surface area contributed by atoms with Crippen molar-refractivity contribution in [3.63, 3.8) is 0 Å². The van der Waals surface area contributed by atoms with Crippen LogP contribution in [0.4, 0.5) is 24.8 Å². The average molecular weight is 412 g/mol. The van der Waals surface area contributed by atoms with Gasteiger partial charge in [0.1, 0.15) is 6.26 Å². The van der Waals surface area contributed by atoms with Crippen LogP contribution in [0.5, 0.6) is 0 Å². The van der Waals surface area contributed by atoms with Crippen molar-refractivity contribution in [3.05, 3.63) is 94.0 Å². The summed E-state index contributed by atoms with van der Waals surface area (Å²) >= 11 is 0. The van der Waals surface area contributed by atoms with Gasteiger partial charge in [0.15, 0.2) is 11.6 Å². The molecular weight excluding hydrogens is 397 g/mol. The maximum absolute atomic E-state index is 13.9. The summed E-state index contributed by atoms with van der Waals surface area (Å²) in [5, 5.41) is 3.01. The van der Waals surface area contributed by atoms with Gasteiger partial charge in [-0.1, -0.05) is 12.1 Å². The molecule has 2 heterocycles. The molecule has 0 aliphatic heterocycles. The molecule has 0 bridgehead atoms. The van der Waals surface area contributed by atoms with E-state index in [9.17, 15) is 18.0 Å². The number of benzene rings is 2. The van der Waals surface area contributed by atoms with E-state index in [1.807, 2.05) is 19.1 Å². The normalized spacial score (nSPS) is 10.9. The van der Waals surface area contributed by atoms with Crippen LogP contribution in [0, 0.1) is 24.4 Å². The first kappa shape index (κ1) is 19.4. The van der Waals surface area contributed by atoms with E-state index >= 15 is 0 Å². The van der Waals surface area contributed by atoms with Gasteiger partial charge in [-0.25, -0.2) is 13.8 Å². The number of aromatic nitrogens is 3. The summed E-state index contributed by atoms with van der Waals surface area (Å²) in [6.45, 7) is 1.80. The molecule has 0 unspecified atom stereocenters. The van der Waals surface area contributed by atoms with E-state index in [-0.39, 0.29) is 12.5 Å². The Labute approximate surface area is 168 Å². The molecule has 4 aromatic rings. The molecule has 2 aromatic carbocycles. The summed E-state index contributed by atoms with van der Waals surface area (Å²) < 4.78 is 47.2. The van der Waals surface area contributed by atoms with E-state index in [1.165, 1.54) is 23.1 Å². The van der Waals surface area contributed by atoms with Gasteiger partial charge in [-0.3, -0.25) is 4.79 Å². The van der Waals surface area contributed by atoms with Crippen LogP contribution in [0.2, 0.25) is 0 Å². The maximum Gasteiger partial charge on any atom is 0.310 e. The lowest BCUT2D eigenvalue weighted by Gasteiger charge is -2.16. The van der Waals surface area contributed by atoms with Crippen molar-refractivity contribution >= 4 is 11.6 Å². The summed E-state index contributed by atoms with van der Waals surface area (Å²) in [6.07, 6.45) is 3.93. The Morgan fingerprint density at radius 2 is 1.90 bits per heavy atom. The molecule has 152 valence electrons. The third kappa shape index (κ3) is 3.95. The molecule has 0 atom stereocenters. The van der Waals surface area contributed by atoms with E-state index < -0.39 is 23.0 Å². The molecule has 0 aliphatic rings. The van der Waals surface area contributed by atoms with Crippen molar-refractivity contribution in [3.8, 4) is 11.5 Å². The monoisotopic (exact) mass is 412 g/mol. The molecule has 0 fully saturated rings. The SMILES string of the molecule is Cc1ccc(-c2ncco2)cc1Nc1nc(=O)c(F)cn1Cc1ccc(F)c(F)c1. The van der Waals surface area contributed by atoms with Crippen LogP contribution in [0.1, 0.15) is 11.1 Å². The highest BCUT2D eigenvalue weighted by atomic mass is 19.2. The topological polar surface area (TPSA) is 73.0 Å².